The third kappa shape index (κ3) is 4.31. The molecule has 4 nitrogen and oxygen atoms in total. The smallest absolute Gasteiger partial charge is 0.131 e. The lowest BCUT2D eigenvalue weighted by atomic mass is 10.1. The van der Waals surface area contributed by atoms with Gasteiger partial charge in [0.05, 0.1) is 12.3 Å². The number of aromatic nitrogens is 2. The average molecular weight is 271 g/mol. The van der Waals surface area contributed by atoms with Gasteiger partial charge in [0.2, 0.25) is 0 Å². The van der Waals surface area contributed by atoms with Crippen molar-refractivity contribution in [2.45, 2.75) is 26.4 Å². The van der Waals surface area contributed by atoms with Crippen LogP contribution in [0.15, 0.2) is 36.4 Å². The van der Waals surface area contributed by atoms with Gasteiger partial charge < -0.3 is 10.1 Å². The van der Waals surface area contributed by atoms with Crippen molar-refractivity contribution < 1.29 is 4.74 Å². The molecule has 0 amide bonds. The number of rotatable bonds is 7. The van der Waals surface area contributed by atoms with E-state index in [0.717, 1.165) is 36.7 Å². The Kier molecular flexibility index (Phi) is 5.50. The monoisotopic (exact) mass is 271 g/mol. The fraction of sp³-hybridized carbons (Fsp3) is 0.375. The molecule has 2 aromatic rings. The normalized spacial score (nSPS) is 10.5. The first-order valence-electron chi connectivity index (χ1n) is 6.95. The Labute approximate surface area is 120 Å². The molecule has 4 heteroatoms. The Bertz CT molecular complexity index is 504. The number of methoxy groups -OCH3 is 1. The highest BCUT2D eigenvalue weighted by Crippen LogP contribution is 2.10. The Morgan fingerprint density at radius 1 is 1.10 bits per heavy atom. The number of hydrogen-bond donors (Lipinski definition) is 1. The summed E-state index contributed by atoms with van der Waals surface area (Å²) in [4.78, 5) is 9.09. The van der Waals surface area contributed by atoms with Crippen molar-refractivity contribution >= 4 is 5.82 Å². The zero-order chi connectivity index (χ0) is 14.2. The van der Waals surface area contributed by atoms with Gasteiger partial charge in [-0.05, 0) is 18.9 Å². The van der Waals surface area contributed by atoms with Crippen molar-refractivity contribution in [3.05, 3.63) is 53.5 Å². The zero-order valence-electron chi connectivity index (χ0n) is 12.1. The topological polar surface area (TPSA) is 47.0 Å². The first kappa shape index (κ1) is 14.5. The predicted octanol–water partition coefficient (Wildman–Crippen LogP) is 2.84. The van der Waals surface area contributed by atoms with Gasteiger partial charge in [-0.2, -0.15) is 0 Å². The molecule has 20 heavy (non-hydrogen) atoms. The van der Waals surface area contributed by atoms with E-state index in [1.54, 1.807) is 7.11 Å². The van der Waals surface area contributed by atoms with Gasteiger partial charge in [0.1, 0.15) is 11.6 Å². The van der Waals surface area contributed by atoms with Crippen molar-refractivity contribution in [2.75, 3.05) is 19.0 Å². The lowest BCUT2D eigenvalue weighted by molar-refractivity contribution is 0.181. The number of nitrogens with zero attached hydrogens (tertiary/aromatic N) is 2. The molecule has 0 atom stereocenters. The summed E-state index contributed by atoms with van der Waals surface area (Å²) in [7, 11) is 1.68. The maximum absolute atomic E-state index is 5.16. The van der Waals surface area contributed by atoms with Crippen LogP contribution in [-0.4, -0.2) is 23.6 Å². The Morgan fingerprint density at radius 2 is 1.90 bits per heavy atom. The van der Waals surface area contributed by atoms with Crippen molar-refractivity contribution in [2.24, 2.45) is 0 Å². The molecule has 1 aromatic heterocycles. The van der Waals surface area contributed by atoms with Crippen LogP contribution in [0, 0.1) is 0 Å². The molecule has 2 rings (SSSR count). The van der Waals surface area contributed by atoms with Crippen LogP contribution in [0.4, 0.5) is 5.82 Å². The second kappa shape index (κ2) is 7.60. The molecule has 1 aromatic carbocycles. The van der Waals surface area contributed by atoms with E-state index in [2.05, 4.69) is 46.5 Å². The maximum Gasteiger partial charge on any atom is 0.131 e. The summed E-state index contributed by atoms with van der Waals surface area (Å²) in [6.45, 7) is 3.42. The minimum atomic E-state index is 0.513. The summed E-state index contributed by atoms with van der Waals surface area (Å²) in [5.41, 5.74) is 2.22. The van der Waals surface area contributed by atoms with Crippen LogP contribution < -0.4 is 5.32 Å². The Hall–Kier alpha value is -1.94. The van der Waals surface area contributed by atoms with E-state index in [1.165, 1.54) is 5.56 Å². The molecule has 0 saturated heterocycles. The van der Waals surface area contributed by atoms with Crippen LogP contribution in [0.2, 0.25) is 0 Å². The quantitative estimate of drug-likeness (QED) is 0.841. The van der Waals surface area contributed by atoms with E-state index in [-0.39, 0.29) is 0 Å². The number of aryl methyl sites for hydroxylation is 2. The fourth-order valence-electron chi connectivity index (χ4n) is 2.06. The van der Waals surface area contributed by atoms with Gasteiger partial charge in [-0.3, -0.25) is 0 Å². The highest BCUT2D eigenvalue weighted by molar-refractivity contribution is 5.36. The van der Waals surface area contributed by atoms with E-state index in [0.29, 0.717) is 6.61 Å². The second-order valence-corrected chi connectivity index (χ2v) is 4.61. The van der Waals surface area contributed by atoms with Crippen molar-refractivity contribution in [3.8, 4) is 0 Å². The average Bonchev–Trinajstić information content (AvgIpc) is 2.47. The maximum atomic E-state index is 5.16. The molecular formula is C16H21N3O. The first-order valence-corrected chi connectivity index (χ1v) is 6.95. The number of nitrogens with one attached hydrogen (secondary N) is 1. The van der Waals surface area contributed by atoms with E-state index in [9.17, 15) is 0 Å². The SMILES string of the molecule is CCNc1cc(COC)nc(CCc2ccccc2)n1. The van der Waals surface area contributed by atoms with E-state index < -0.39 is 0 Å². The van der Waals surface area contributed by atoms with Crippen molar-refractivity contribution in [3.63, 3.8) is 0 Å². The Balaban J connectivity index is 2.09. The molecule has 0 aliphatic carbocycles. The molecule has 0 fully saturated rings. The van der Waals surface area contributed by atoms with Crippen LogP contribution in [0.5, 0.6) is 0 Å². The Morgan fingerprint density at radius 3 is 2.60 bits per heavy atom. The van der Waals surface area contributed by atoms with Gasteiger partial charge in [-0.1, -0.05) is 30.3 Å². The van der Waals surface area contributed by atoms with Gasteiger partial charge in [0.15, 0.2) is 0 Å². The van der Waals surface area contributed by atoms with E-state index in [4.69, 9.17) is 4.74 Å². The third-order valence-electron chi connectivity index (χ3n) is 2.96. The number of hydrogen-bond acceptors (Lipinski definition) is 4. The second-order valence-electron chi connectivity index (χ2n) is 4.61. The summed E-state index contributed by atoms with van der Waals surface area (Å²) in [6, 6.07) is 12.3. The molecule has 106 valence electrons. The van der Waals surface area contributed by atoms with Crippen LogP contribution in [0.25, 0.3) is 0 Å². The number of ether oxygens (including phenoxy) is 1. The van der Waals surface area contributed by atoms with Crippen LogP contribution in [0.1, 0.15) is 24.0 Å². The molecule has 0 saturated carbocycles. The minimum Gasteiger partial charge on any atom is -0.378 e. The summed E-state index contributed by atoms with van der Waals surface area (Å²) in [5.74, 6) is 1.73. The molecule has 0 aliphatic rings. The number of benzene rings is 1. The lowest BCUT2D eigenvalue weighted by Gasteiger charge is -2.08. The molecule has 1 heterocycles. The van der Waals surface area contributed by atoms with Crippen molar-refractivity contribution in [1.82, 2.24) is 9.97 Å². The molecular weight excluding hydrogens is 250 g/mol. The summed E-state index contributed by atoms with van der Waals surface area (Å²) < 4.78 is 5.16. The standard InChI is InChI=1S/C16H21N3O/c1-3-17-16-11-14(12-20-2)18-15(19-16)10-9-13-7-5-4-6-8-13/h4-8,11H,3,9-10,12H2,1-2H3,(H,17,18,19). The molecule has 0 unspecified atom stereocenters. The first-order chi connectivity index (χ1) is 9.81. The van der Waals surface area contributed by atoms with E-state index in [1.807, 2.05) is 12.1 Å². The predicted molar refractivity (Wildman–Crippen MR) is 80.8 cm³/mol. The van der Waals surface area contributed by atoms with Gasteiger partial charge in [-0.15, -0.1) is 0 Å². The largest absolute Gasteiger partial charge is 0.378 e. The van der Waals surface area contributed by atoms with Gasteiger partial charge in [-0.25, -0.2) is 9.97 Å². The fourth-order valence-corrected chi connectivity index (χ4v) is 2.06. The van der Waals surface area contributed by atoms with Gasteiger partial charge in [0, 0.05) is 26.1 Å². The third-order valence-corrected chi connectivity index (χ3v) is 2.96. The van der Waals surface area contributed by atoms with Gasteiger partial charge >= 0.3 is 0 Å². The molecule has 0 bridgehead atoms. The molecule has 0 spiro atoms. The van der Waals surface area contributed by atoms with Crippen LogP contribution in [-0.2, 0) is 24.2 Å². The van der Waals surface area contributed by atoms with E-state index >= 15 is 0 Å². The summed E-state index contributed by atoms with van der Waals surface area (Å²) >= 11 is 0. The highest BCUT2D eigenvalue weighted by Gasteiger charge is 2.05. The lowest BCUT2D eigenvalue weighted by Crippen LogP contribution is -2.07. The zero-order valence-corrected chi connectivity index (χ0v) is 12.1. The molecule has 0 radical (unpaired) electrons. The summed E-state index contributed by atoms with van der Waals surface area (Å²) in [5, 5.41) is 3.24. The molecule has 1 N–H and O–H groups in total. The highest BCUT2D eigenvalue weighted by atomic mass is 16.5. The molecule has 0 aliphatic heterocycles. The number of anilines is 1. The van der Waals surface area contributed by atoms with Crippen molar-refractivity contribution in [1.29, 1.82) is 0 Å². The minimum absolute atomic E-state index is 0.513. The van der Waals surface area contributed by atoms with Crippen LogP contribution in [0.3, 0.4) is 0 Å². The van der Waals surface area contributed by atoms with Crippen LogP contribution >= 0.6 is 0 Å². The van der Waals surface area contributed by atoms with Gasteiger partial charge in [0.25, 0.3) is 0 Å². The summed E-state index contributed by atoms with van der Waals surface area (Å²) in [6.07, 6.45) is 1.78.